The van der Waals surface area contributed by atoms with Gasteiger partial charge in [0.05, 0.1) is 10.6 Å². The van der Waals surface area contributed by atoms with Crippen molar-refractivity contribution in [2.45, 2.75) is 36.6 Å². The molecule has 0 aliphatic heterocycles. The van der Waals surface area contributed by atoms with Crippen LogP contribution in [0.1, 0.15) is 25.7 Å². The molecule has 2 atom stereocenters. The number of benzene rings is 1. The highest BCUT2D eigenvalue weighted by atomic mass is 32.2. The number of nitrogens with two attached hydrogens (primary N) is 1. The number of hydrogen-bond acceptors (Lipinski definition) is 3. The van der Waals surface area contributed by atoms with Crippen LogP contribution < -0.4 is 5.73 Å². The van der Waals surface area contributed by atoms with E-state index in [9.17, 15) is 8.42 Å². The largest absolute Gasteiger partial charge is 0.327 e. The third kappa shape index (κ3) is 3.07. The average Bonchev–Trinajstić information content (AvgIpc) is 2.33. The van der Waals surface area contributed by atoms with Crippen molar-refractivity contribution < 1.29 is 8.42 Å². The van der Waals surface area contributed by atoms with Crippen LogP contribution in [0.2, 0.25) is 0 Å². The molecule has 0 saturated heterocycles. The van der Waals surface area contributed by atoms with Crippen molar-refractivity contribution >= 4 is 9.84 Å². The summed E-state index contributed by atoms with van der Waals surface area (Å²) < 4.78 is 24.4. The van der Waals surface area contributed by atoms with Gasteiger partial charge in [-0.3, -0.25) is 0 Å². The third-order valence-corrected chi connectivity index (χ3v) is 5.36. The second-order valence-electron chi connectivity index (χ2n) is 4.80. The molecule has 1 saturated carbocycles. The molecule has 1 aromatic carbocycles. The fraction of sp³-hybridized carbons (Fsp3) is 0.538. The van der Waals surface area contributed by atoms with Gasteiger partial charge in [-0.2, -0.15) is 0 Å². The van der Waals surface area contributed by atoms with E-state index in [-0.39, 0.29) is 17.7 Å². The van der Waals surface area contributed by atoms with Gasteiger partial charge in [-0.1, -0.05) is 31.0 Å². The molecule has 3 nitrogen and oxygen atoms in total. The lowest BCUT2D eigenvalue weighted by Crippen LogP contribution is -2.37. The SMILES string of the molecule is N[C@@H]1CCCC[C@@H]1CS(=O)(=O)c1ccccc1. The second kappa shape index (κ2) is 5.19. The minimum atomic E-state index is -3.17. The molecule has 0 heterocycles. The predicted octanol–water partition coefficient (Wildman–Crippen LogP) is 1.98. The monoisotopic (exact) mass is 253 g/mol. The lowest BCUT2D eigenvalue weighted by atomic mass is 9.86. The summed E-state index contributed by atoms with van der Waals surface area (Å²) in [6.45, 7) is 0. The molecular weight excluding hydrogens is 234 g/mol. The van der Waals surface area contributed by atoms with E-state index in [1.54, 1.807) is 24.3 Å². The lowest BCUT2D eigenvalue weighted by Gasteiger charge is -2.28. The molecule has 0 amide bonds. The Labute approximate surface area is 103 Å². The van der Waals surface area contributed by atoms with Crippen molar-refractivity contribution in [2.75, 3.05) is 5.75 Å². The topological polar surface area (TPSA) is 60.2 Å². The van der Waals surface area contributed by atoms with E-state index < -0.39 is 9.84 Å². The number of hydrogen-bond donors (Lipinski definition) is 1. The molecule has 0 bridgehead atoms. The molecular formula is C13H19NO2S. The summed E-state index contributed by atoms with van der Waals surface area (Å²) in [6.07, 6.45) is 4.12. The molecule has 0 aromatic heterocycles. The van der Waals surface area contributed by atoms with E-state index in [0.717, 1.165) is 25.7 Å². The number of sulfone groups is 1. The van der Waals surface area contributed by atoms with Gasteiger partial charge in [0.15, 0.2) is 9.84 Å². The molecule has 94 valence electrons. The van der Waals surface area contributed by atoms with Crippen molar-refractivity contribution in [3.8, 4) is 0 Å². The van der Waals surface area contributed by atoms with E-state index >= 15 is 0 Å². The van der Waals surface area contributed by atoms with Gasteiger partial charge in [0.1, 0.15) is 0 Å². The van der Waals surface area contributed by atoms with Crippen LogP contribution in [0.4, 0.5) is 0 Å². The minimum absolute atomic E-state index is 0.0437. The fourth-order valence-corrected chi connectivity index (χ4v) is 4.19. The summed E-state index contributed by atoms with van der Waals surface area (Å²) in [5.41, 5.74) is 6.00. The first-order valence-corrected chi connectivity index (χ1v) is 7.78. The third-order valence-electron chi connectivity index (χ3n) is 3.50. The highest BCUT2D eigenvalue weighted by molar-refractivity contribution is 7.91. The van der Waals surface area contributed by atoms with Gasteiger partial charge in [-0.15, -0.1) is 0 Å². The minimum Gasteiger partial charge on any atom is -0.327 e. The summed E-state index contributed by atoms with van der Waals surface area (Å²) in [4.78, 5) is 0.415. The molecule has 1 fully saturated rings. The summed E-state index contributed by atoms with van der Waals surface area (Å²) in [5.74, 6) is 0.312. The smallest absolute Gasteiger partial charge is 0.178 e. The van der Waals surface area contributed by atoms with Crippen LogP contribution in [-0.2, 0) is 9.84 Å². The average molecular weight is 253 g/mol. The maximum absolute atomic E-state index is 12.2. The first kappa shape index (κ1) is 12.6. The van der Waals surface area contributed by atoms with Crippen LogP contribution in [0.25, 0.3) is 0 Å². The summed E-state index contributed by atoms with van der Waals surface area (Å²) in [7, 11) is -3.17. The molecule has 4 heteroatoms. The lowest BCUT2D eigenvalue weighted by molar-refractivity contribution is 0.332. The van der Waals surface area contributed by atoms with Gasteiger partial charge in [-0.25, -0.2) is 8.42 Å². The van der Waals surface area contributed by atoms with Crippen LogP contribution >= 0.6 is 0 Å². The Hall–Kier alpha value is -0.870. The predicted molar refractivity (Wildman–Crippen MR) is 68.4 cm³/mol. The standard InChI is InChI=1S/C13H19NO2S/c14-13-9-5-4-6-11(13)10-17(15,16)12-7-2-1-3-8-12/h1-3,7-8,11,13H,4-6,9-10,14H2/t11-,13-/m1/s1. The van der Waals surface area contributed by atoms with Crippen LogP contribution in [-0.4, -0.2) is 20.2 Å². The molecule has 1 aromatic rings. The van der Waals surface area contributed by atoms with Crippen LogP contribution in [0.3, 0.4) is 0 Å². The molecule has 0 radical (unpaired) electrons. The highest BCUT2D eigenvalue weighted by Crippen LogP contribution is 2.26. The summed E-state index contributed by atoms with van der Waals surface area (Å²) in [6, 6.07) is 8.70. The van der Waals surface area contributed by atoms with Gasteiger partial charge >= 0.3 is 0 Å². The summed E-state index contributed by atoms with van der Waals surface area (Å²) in [5, 5.41) is 0. The van der Waals surface area contributed by atoms with E-state index in [1.165, 1.54) is 0 Å². The molecule has 1 aliphatic carbocycles. The Morgan fingerprint density at radius 1 is 1.12 bits per heavy atom. The van der Waals surface area contributed by atoms with Crippen molar-refractivity contribution in [1.29, 1.82) is 0 Å². The van der Waals surface area contributed by atoms with Gasteiger partial charge in [0.2, 0.25) is 0 Å². The molecule has 2 rings (SSSR count). The zero-order valence-corrected chi connectivity index (χ0v) is 10.7. The fourth-order valence-electron chi connectivity index (χ4n) is 2.45. The van der Waals surface area contributed by atoms with E-state index in [2.05, 4.69) is 0 Å². The van der Waals surface area contributed by atoms with E-state index in [0.29, 0.717) is 4.90 Å². The van der Waals surface area contributed by atoms with Crippen LogP contribution in [0.5, 0.6) is 0 Å². The Bertz CT molecular complexity index is 456. The zero-order chi connectivity index (χ0) is 12.3. The van der Waals surface area contributed by atoms with Gasteiger partial charge in [0.25, 0.3) is 0 Å². The zero-order valence-electron chi connectivity index (χ0n) is 9.88. The van der Waals surface area contributed by atoms with E-state index in [1.807, 2.05) is 6.07 Å². The van der Waals surface area contributed by atoms with Crippen molar-refractivity contribution in [3.05, 3.63) is 30.3 Å². The molecule has 0 spiro atoms. The van der Waals surface area contributed by atoms with Gasteiger partial charge < -0.3 is 5.73 Å². The Morgan fingerprint density at radius 2 is 1.76 bits per heavy atom. The summed E-state index contributed by atoms with van der Waals surface area (Å²) >= 11 is 0. The maximum Gasteiger partial charge on any atom is 0.178 e. The van der Waals surface area contributed by atoms with Crippen LogP contribution in [0, 0.1) is 5.92 Å². The highest BCUT2D eigenvalue weighted by Gasteiger charge is 2.27. The Kier molecular flexibility index (Phi) is 3.84. The maximum atomic E-state index is 12.2. The normalized spacial score (nSPS) is 25.7. The van der Waals surface area contributed by atoms with Crippen molar-refractivity contribution in [1.82, 2.24) is 0 Å². The van der Waals surface area contributed by atoms with E-state index in [4.69, 9.17) is 5.73 Å². The van der Waals surface area contributed by atoms with Crippen molar-refractivity contribution in [3.63, 3.8) is 0 Å². The Balaban J connectivity index is 2.12. The quantitative estimate of drug-likeness (QED) is 0.896. The molecule has 2 N–H and O–H groups in total. The molecule has 17 heavy (non-hydrogen) atoms. The van der Waals surface area contributed by atoms with Crippen LogP contribution in [0.15, 0.2) is 35.2 Å². The molecule has 1 aliphatic rings. The van der Waals surface area contributed by atoms with Crippen molar-refractivity contribution in [2.24, 2.45) is 11.7 Å². The Morgan fingerprint density at radius 3 is 2.41 bits per heavy atom. The molecule has 0 unspecified atom stereocenters. The second-order valence-corrected chi connectivity index (χ2v) is 6.84. The first-order valence-electron chi connectivity index (χ1n) is 6.13. The van der Waals surface area contributed by atoms with Gasteiger partial charge in [0, 0.05) is 6.04 Å². The first-order chi connectivity index (χ1) is 8.09. The number of rotatable bonds is 3. The van der Waals surface area contributed by atoms with Gasteiger partial charge in [-0.05, 0) is 30.9 Å².